The van der Waals surface area contributed by atoms with Crippen LogP contribution in [0.5, 0.6) is 5.75 Å². The number of hydrogen-bond acceptors (Lipinski definition) is 4. The SMILES string of the molecule is COc1ccc(S(=O)(=O)NCCN(Cc2ccccc2)C(C)=O)c(C)c1. The molecule has 26 heavy (non-hydrogen) atoms. The number of amides is 1. The summed E-state index contributed by atoms with van der Waals surface area (Å²) in [5.74, 6) is 0.501. The number of aryl methyl sites for hydroxylation is 1. The lowest BCUT2D eigenvalue weighted by Gasteiger charge is -2.21. The molecule has 6 nitrogen and oxygen atoms in total. The number of rotatable bonds is 8. The summed E-state index contributed by atoms with van der Waals surface area (Å²) in [6.45, 7) is 4.07. The maximum Gasteiger partial charge on any atom is 0.240 e. The van der Waals surface area contributed by atoms with Gasteiger partial charge >= 0.3 is 0 Å². The van der Waals surface area contributed by atoms with E-state index in [-0.39, 0.29) is 17.3 Å². The van der Waals surface area contributed by atoms with Crippen LogP contribution in [0.4, 0.5) is 0 Å². The largest absolute Gasteiger partial charge is 0.497 e. The van der Waals surface area contributed by atoms with Crippen LogP contribution in [0.1, 0.15) is 18.1 Å². The predicted molar refractivity (Wildman–Crippen MR) is 100 cm³/mol. The van der Waals surface area contributed by atoms with Crippen LogP contribution in [-0.2, 0) is 21.4 Å². The Balaban J connectivity index is 2.00. The third-order valence-corrected chi connectivity index (χ3v) is 5.63. The molecular formula is C19H24N2O4S. The molecule has 0 saturated carbocycles. The Morgan fingerprint density at radius 1 is 1.15 bits per heavy atom. The average Bonchev–Trinajstić information content (AvgIpc) is 2.61. The second-order valence-electron chi connectivity index (χ2n) is 5.96. The van der Waals surface area contributed by atoms with Gasteiger partial charge in [-0.05, 0) is 36.2 Å². The summed E-state index contributed by atoms with van der Waals surface area (Å²) in [5, 5.41) is 0. The van der Waals surface area contributed by atoms with Gasteiger partial charge in [0.05, 0.1) is 12.0 Å². The smallest absolute Gasteiger partial charge is 0.240 e. The number of benzene rings is 2. The molecule has 2 aromatic rings. The van der Waals surface area contributed by atoms with Gasteiger partial charge in [0.2, 0.25) is 15.9 Å². The summed E-state index contributed by atoms with van der Waals surface area (Å²) in [6, 6.07) is 14.4. The van der Waals surface area contributed by atoms with E-state index in [0.29, 0.717) is 24.4 Å². The van der Waals surface area contributed by atoms with Crippen molar-refractivity contribution in [2.75, 3.05) is 20.2 Å². The van der Waals surface area contributed by atoms with Gasteiger partial charge in [-0.1, -0.05) is 30.3 Å². The number of sulfonamides is 1. The van der Waals surface area contributed by atoms with E-state index in [1.54, 1.807) is 24.0 Å². The lowest BCUT2D eigenvalue weighted by molar-refractivity contribution is -0.129. The van der Waals surface area contributed by atoms with Crippen LogP contribution >= 0.6 is 0 Å². The van der Waals surface area contributed by atoms with Gasteiger partial charge in [0, 0.05) is 26.6 Å². The zero-order valence-electron chi connectivity index (χ0n) is 15.2. The third kappa shape index (κ3) is 5.31. The lowest BCUT2D eigenvalue weighted by Crippen LogP contribution is -2.37. The van der Waals surface area contributed by atoms with Crippen LogP contribution in [-0.4, -0.2) is 39.4 Å². The van der Waals surface area contributed by atoms with Crippen LogP contribution in [0.2, 0.25) is 0 Å². The van der Waals surface area contributed by atoms with Crippen molar-refractivity contribution in [2.45, 2.75) is 25.3 Å². The molecule has 0 bridgehead atoms. The van der Waals surface area contributed by atoms with Gasteiger partial charge in [-0.15, -0.1) is 0 Å². The Hall–Kier alpha value is -2.38. The topological polar surface area (TPSA) is 75.7 Å². The molecule has 0 saturated heterocycles. The highest BCUT2D eigenvalue weighted by Gasteiger charge is 2.18. The van der Waals surface area contributed by atoms with Crippen LogP contribution in [0.3, 0.4) is 0 Å². The molecule has 1 amide bonds. The first-order valence-electron chi connectivity index (χ1n) is 8.27. The standard InChI is InChI=1S/C19H24N2O4S/c1-15-13-18(25-3)9-10-19(15)26(23,24)20-11-12-21(16(2)22)14-17-7-5-4-6-8-17/h4-10,13,20H,11-12,14H2,1-3H3. The molecular weight excluding hydrogens is 352 g/mol. The highest BCUT2D eigenvalue weighted by atomic mass is 32.2. The minimum Gasteiger partial charge on any atom is -0.497 e. The summed E-state index contributed by atoms with van der Waals surface area (Å²) in [5.41, 5.74) is 1.60. The van der Waals surface area contributed by atoms with E-state index in [0.717, 1.165) is 5.56 Å². The Morgan fingerprint density at radius 2 is 1.85 bits per heavy atom. The van der Waals surface area contributed by atoms with Crippen molar-refractivity contribution in [3.63, 3.8) is 0 Å². The molecule has 2 aromatic carbocycles. The van der Waals surface area contributed by atoms with E-state index >= 15 is 0 Å². The van der Waals surface area contributed by atoms with E-state index in [1.165, 1.54) is 20.1 Å². The summed E-state index contributed by atoms with van der Waals surface area (Å²) in [7, 11) is -2.12. The first-order chi connectivity index (χ1) is 12.3. The van der Waals surface area contributed by atoms with Crippen LogP contribution in [0.15, 0.2) is 53.4 Å². The number of methoxy groups -OCH3 is 1. The lowest BCUT2D eigenvalue weighted by atomic mass is 10.2. The maximum atomic E-state index is 12.5. The molecule has 7 heteroatoms. The number of hydrogen-bond donors (Lipinski definition) is 1. The molecule has 0 radical (unpaired) electrons. The van der Waals surface area contributed by atoms with Crippen molar-refractivity contribution < 1.29 is 17.9 Å². The van der Waals surface area contributed by atoms with Gasteiger partial charge < -0.3 is 9.64 Å². The first kappa shape index (κ1) is 19.9. The minimum atomic E-state index is -3.65. The molecule has 0 aliphatic rings. The fourth-order valence-electron chi connectivity index (χ4n) is 2.59. The quantitative estimate of drug-likeness (QED) is 0.767. The van der Waals surface area contributed by atoms with Crippen molar-refractivity contribution in [3.8, 4) is 5.75 Å². The van der Waals surface area contributed by atoms with Crippen molar-refractivity contribution in [3.05, 3.63) is 59.7 Å². The van der Waals surface area contributed by atoms with Gasteiger partial charge in [-0.3, -0.25) is 4.79 Å². The van der Waals surface area contributed by atoms with Gasteiger partial charge in [0.1, 0.15) is 5.75 Å². The Labute approximate surface area is 154 Å². The van der Waals surface area contributed by atoms with E-state index in [4.69, 9.17) is 4.74 Å². The average molecular weight is 376 g/mol. The van der Waals surface area contributed by atoms with E-state index < -0.39 is 10.0 Å². The van der Waals surface area contributed by atoms with E-state index in [2.05, 4.69) is 4.72 Å². The van der Waals surface area contributed by atoms with Gasteiger partial charge in [0.15, 0.2) is 0 Å². The van der Waals surface area contributed by atoms with Gasteiger partial charge in [-0.2, -0.15) is 0 Å². The number of ether oxygens (including phenoxy) is 1. The summed E-state index contributed by atoms with van der Waals surface area (Å²) < 4.78 is 32.7. The minimum absolute atomic E-state index is 0.103. The molecule has 0 aliphatic carbocycles. The van der Waals surface area contributed by atoms with Crippen LogP contribution in [0.25, 0.3) is 0 Å². The van der Waals surface area contributed by atoms with E-state index in [1.807, 2.05) is 30.3 Å². The highest BCUT2D eigenvalue weighted by Crippen LogP contribution is 2.20. The molecule has 0 aromatic heterocycles. The Bertz CT molecular complexity index is 851. The molecule has 0 fully saturated rings. The second kappa shape index (κ2) is 8.82. The fourth-order valence-corrected chi connectivity index (χ4v) is 3.84. The Kier molecular flexibility index (Phi) is 6.76. The number of nitrogens with zero attached hydrogens (tertiary/aromatic N) is 1. The molecule has 2 rings (SSSR count). The monoisotopic (exact) mass is 376 g/mol. The molecule has 0 spiro atoms. The zero-order valence-corrected chi connectivity index (χ0v) is 16.0. The molecule has 0 aliphatic heterocycles. The number of nitrogens with one attached hydrogen (secondary N) is 1. The Morgan fingerprint density at radius 3 is 2.42 bits per heavy atom. The van der Waals surface area contributed by atoms with Crippen LogP contribution in [0, 0.1) is 6.92 Å². The molecule has 1 N–H and O–H groups in total. The van der Waals surface area contributed by atoms with Crippen LogP contribution < -0.4 is 9.46 Å². The highest BCUT2D eigenvalue weighted by molar-refractivity contribution is 7.89. The maximum absolute atomic E-state index is 12.5. The third-order valence-electron chi connectivity index (χ3n) is 4.01. The predicted octanol–water partition coefficient (Wildman–Crippen LogP) is 2.33. The van der Waals surface area contributed by atoms with Crippen molar-refractivity contribution in [2.24, 2.45) is 0 Å². The fraction of sp³-hybridized carbons (Fsp3) is 0.316. The van der Waals surface area contributed by atoms with Crippen molar-refractivity contribution in [1.82, 2.24) is 9.62 Å². The summed E-state index contributed by atoms with van der Waals surface area (Å²) in [6.07, 6.45) is 0. The van der Waals surface area contributed by atoms with Crippen molar-refractivity contribution in [1.29, 1.82) is 0 Å². The number of carbonyl (C=O) groups excluding carboxylic acids is 1. The van der Waals surface area contributed by atoms with Gasteiger partial charge in [-0.25, -0.2) is 13.1 Å². The summed E-state index contributed by atoms with van der Waals surface area (Å²) in [4.78, 5) is 13.6. The second-order valence-corrected chi connectivity index (χ2v) is 7.69. The zero-order chi connectivity index (χ0) is 19.2. The van der Waals surface area contributed by atoms with E-state index in [9.17, 15) is 13.2 Å². The molecule has 0 unspecified atom stereocenters. The molecule has 0 heterocycles. The van der Waals surface area contributed by atoms with Crippen molar-refractivity contribution >= 4 is 15.9 Å². The summed E-state index contributed by atoms with van der Waals surface area (Å²) >= 11 is 0. The normalized spacial score (nSPS) is 11.2. The first-order valence-corrected chi connectivity index (χ1v) is 9.75. The number of carbonyl (C=O) groups is 1. The molecule has 140 valence electrons. The van der Waals surface area contributed by atoms with Gasteiger partial charge in [0.25, 0.3) is 0 Å². The molecule has 0 atom stereocenters.